The molecule has 0 radical (unpaired) electrons. The van der Waals surface area contributed by atoms with Crippen molar-refractivity contribution in [1.29, 1.82) is 0 Å². The smallest absolute Gasteiger partial charge is 0.123 e. The molecule has 1 aromatic heterocycles. The molecule has 1 aliphatic rings. The van der Waals surface area contributed by atoms with Crippen LogP contribution in [-0.2, 0) is 6.54 Å². The van der Waals surface area contributed by atoms with Crippen molar-refractivity contribution in [3.05, 3.63) is 35.3 Å². The van der Waals surface area contributed by atoms with E-state index < -0.39 is 0 Å². The van der Waals surface area contributed by atoms with Crippen LogP contribution in [-0.4, -0.2) is 43.7 Å². The molecule has 1 saturated heterocycles. The van der Waals surface area contributed by atoms with Crippen LogP contribution in [0.2, 0.25) is 0 Å². The average molecular weight is 346 g/mol. The minimum Gasteiger partial charge on any atom is -0.497 e. The fraction of sp³-hybridized carbons (Fsp3) is 0.526. The molecule has 0 aliphatic carbocycles. The molecule has 2 aromatic rings. The maximum Gasteiger partial charge on any atom is 0.123 e. The van der Waals surface area contributed by atoms with Crippen LogP contribution < -0.4 is 10.1 Å². The van der Waals surface area contributed by atoms with Gasteiger partial charge in [-0.2, -0.15) is 0 Å². The van der Waals surface area contributed by atoms with Crippen molar-refractivity contribution in [3.8, 4) is 16.3 Å². The molecule has 1 aromatic carbocycles. The van der Waals surface area contributed by atoms with Crippen LogP contribution in [0.1, 0.15) is 25.0 Å². The van der Waals surface area contributed by atoms with Gasteiger partial charge in [0.05, 0.1) is 12.8 Å². The summed E-state index contributed by atoms with van der Waals surface area (Å²) in [4.78, 5) is 7.37. The molecule has 1 N–H and O–H groups in total. The van der Waals surface area contributed by atoms with Crippen molar-refractivity contribution >= 4 is 11.3 Å². The molecule has 4 nitrogen and oxygen atoms in total. The molecule has 130 valence electrons. The van der Waals surface area contributed by atoms with Gasteiger partial charge in [-0.3, -0.25) is 4.90 Å². The highest BCUT2D eigenvalue weighted by Gasteiger charge is 2.19. The largest absolute Gasteiger partial charge is 0.497 e. The van der Waals surface area contributed by atoms with Crippen molar-refractivity contribution in [2.75, 3.05) is 33.8 Å². The normalized spacial score (nSPS) is 16.4. The third-order valence-corrected chi connectivity index (χ3v) is 5.70. The Balaban J connectivity index is 1.55. The Bertz CT molecular complexity index is 635. The molecule has 2 heterocycles. The van der Waals surface area contributed by atoms with E-state index in [2.05, 4.69) is 27.7 Å². The summed E-state index contributed by atoms with van der Waals surface area (Å²) in [6.45, 7) is 4.50. The zero-order chi connectivity index (χ0) is 16.8. The predicted octanol–water partition coefficient (Wildman–Crippen LogP) is 3.64. The number of aromatic nitrogens is 1. The summed E-state index contributed by atoms with van der Waals surface area (Å²) < 4.78 is 5.31. The quantitative estimate of drug-likeness (QED) is 0.831. The van der Waals surface area contributed by atoms with E-state index in [-0.39, 0.29) is 0 Å². The first kappa shape index (κ1) is 17.4. The van der Waals surface area contributed by atoms with E-state index in [4.69, 9.17) is 9.72 Å². The summed E-state index contributed by atoms with van der Waals surface area (Å²) in [5, 5.41) is 6.53. The van der Waals surface area contributed by atoms with Gasteiger partial charge in [0.15, 0.2) is 0 Å². The average Bonchev–Trinajstić information content (AvgIpc) is 3.10. The van der Waals surface area contributed by atoms with Gasteiger partial charge < -0.3 is 10.1 Å². The fourth-order valence-electron chi connectivity index (χ4n) is 3.28. The second-order valence-corrected chi connectivity index (χ2v) is 7.35. The Morgan fingerprint density at radius 2 is 2.17 bits per heavy atom. The molecule has 0 spiro atoms. The van der Waals surface area contributed by atoms with Crippen LogP contribution in [0.4, 0.5) is 0 Å². The lowest BCUT2D eigenvalue weighted by Crippen LogP contribution is -2.34. The Kier molecular flexibility index (Phi) is 6.24. The van der Waals surface area contributed by atoms with E-state index in [9.17, 15) is 0 Å². The first-order chi connectivity index (χ1) is 11.8. The summed E-state index contributed by atoms with van der Waals surface area (Å²) in [6, 6.07) is 8.13. The summed E-state index contributed by atoms with van der Waals surface area (Å²) >= 11 is 1.72. The molecule has 1 fully saturated rings. The SMILES string of the molecule is CNCCC1CCN(Cc2csc(-c3cccc(OC)c3)n2)CC1. The maximum atomic E-state index is 5.31. The highest BCUT2D eigenvalue weighted by Crippen LogP contribution is 2.28. The number of hydrogen-bond donors (Lipinski definition) is 1. The number of methoxy groups -OCH3 is 1. The Labute approximate surface area is 148 Å². The number of thiazole rings is 1. The topological polar surface area (TPSA) is 37.4 Å². The number of benzene rings is 1. The molecule has 5 heteroatoms. The summed E-state index contributed by atoms with van der Waals surface area (Å²) in [5.74, 6) is 1.77. The number of ether oxygens (including phenoxy) is 1. The van der Waals surface area contributed by atoms with Crippen LogP contribution in [0.25, 0.3) is 10.6 Å². The first-order valence-corrected chi connectivity index (χ1v) is 9.62. The van der Waals surface area contributed by atoms with Gasteiger partial charge in [0.2, 0.25) is 0 Å². The Morgan fingerprint density at radius 3 is 2.92 bits per heavy atom. The van der Waals surface area contributed by atoms with Gasteiger partial charge in [0, 0.05) is 17.5 Å². The van der Waals surface area contributed by atoms with Gasteiger partial charge in [-0.05, 0) is 64.0 Å². The van der Waals surface area contributed by atoms with Gasteiger partial charge in [-0.1, -0.05) is 12.1 Å². The van der Waals surface area contributed by atoms with E-state index in [1.165, 1.54) is 38.0 Å². The fourth-order valence-corrected chi connectivity index (χ4v) is 4.09. The summed E-state index contributed by atoms with van der Waals surface area (Å²) in [7, 11) is 3.74. The van der Waals surface area contributed by atoms with Crippen molar-refractivity contribution in [3.63, 3.8) is 0 Å². The van der Waals surface area contributed by atoms with Crippen molar-refractivity contribution in [2.45, 2.75) is 25.8 Å². The first-order valence-electron chi connectivity index (χ1n) is 8.74. The van der Waals surface area contributed by atoms with E-state index in [0.29, 0.717) is 0 Å². The molecule has 3 rings (SSSR count). The molecule has 1 aliphatic heterocycles. The van der Waals surface area contributed by atoms with Crippen molar-refractivity contribution in [2.24, 2.45) is 5.92 Å². The van der Waals surface area contributed by atoms with Gasteiger partial charge in [0.25, 0.3) is 0 Å². The number of hydrogen-bond acceptors (Lipinski definition) is 5. The lowest BCUT2D eigenvalue weighted by molar-refractivity contribution is 0.171. The number of nitrogens with zero attached hydrogens (tertiary/aromatic N) is 2. The number of likely N-dealkylation sites (tertiary alicyclic amines) is 1. The standard InChI is InChI=1S/C19H27N3OS/c1-20-9-6-15-7-10-22(11-8-15)13-17-14-24-19(21-17)16-4-3-5-18(12-16)23-2/h3-5,12,14-15,20H,6-11,13H2,1-2H3. The Morgan fingerprint density at radius 1 is 1.33 bits per heavy atom. The van der Waals surface area contributed by atoms with E-state index in [1.54, 1.807) is 18.4 Å². The predicted molar refractivity (Wildman–Crippen MR) is 101 cm³/mol. The van der Waals surface area contributed by atoms with Crippen molar-refractivity contribution < 1.29 is 4.74 Å². The lowest BCUT2D eigenvalue weighted by atomic mass is 9.93. The zero-order valence-corrected chi connectivity index (χ0v) is 15.4. The van der Waals surface area contributed by atoms with Gasteiger partial charge in [-0.15, -0.1) is 11.3 Å². The monoisotopic (exact) mass is 345 g/mol. The van der Waals surface area contributed by atoms with Crippen LogP contribution in [0.3, 0.4) is 0 Å². The number of piperidine rings is 1. The minimum atomic E-state index is 0.882. The molecule has 24 heavy (non-hydrogen) atoms. The van der Waals surface area contributed by atoms with Gasteiger partial charge in [0.1, 0.15) is 10.8 Å². The summed E-state index contributed by atoms with van der Waals surface area (Å²) in [6.07, 6.45) is 3.93. The third kappa shape index (κ3) is 4.56. The maximum absolute atomic E-state index is 5.31. The molecule has 0 saturated carbocycles. The number of rotatable bonds is 7. The lowest BCUT2D eigenvalue weighted by Gasteiger charge is -2.31. The third-order valence-electron chi connectivity index (χ3n) is 4.76. The minimum absolute atomic E-state index is 0.882. The molecule has 0 bridgehead atoms. The molecular formula is C19H27N3OS. The highest BCUT2D eigenvalue weighted by atomic mass is 32.1. The number of nitrogens with one attached hydrogen (secondary N) is 1. The van der Waals surface area contributed by atoms with Crippen LogP contribution in [0.5, 0.6) is 5.75 Å². The molecule has 0 amide bonds. The molecular weight excluding hydrogens is 318 g/mol. The van der Waals surface area contributed by atoms with Crippen LogP contribution in [0, 0.1) is 5.92 Å². The van der Waals surface area contributed by atoms with E-state index >= 15 is 0 Å². The molecule has 0 atom stereocenters. The van der Waals surface area contributed by atoms with E-state index in [1.807, 2.05) is 19.2 Å². The van der Waals surface area contributed by atoms with Crippen LogP contribution >= 0.6 is 11.3 Å². The molecule has 0 unspecified atom stereocenters. The van der Waals surface area contributed by atoms with E-state index in [0.717, 1.165) is 35.3 Å². The second-order valence-electron chi connectivity index (χ2n) is 6.49. The van der Waals surface area contributed by atoms with Crippen molar-refractivity contribution in [1.82, 2.24) is 15.2 Å². The summed E-state index contributed by atoms with van der Waals surface area (Å²) in [5.41, 5.74) is 2.32. The second kappa shape index (κ2) is 8.60. The Hall–Kier alpha value is -1.43. The van der Waals surface area contributed by atoms with Gasteiger partial charge >= 0.3 is 0 Å². The highest BCUT2D eigenvalue weighted by molar-refractivity contribution is 7.13. The van der Waals surface area contributed by atoms with Crippen LogP contribution in [0.15, 0.2) is 29.6 Å². The zero-order valence-electron chi connectivity index (χ0n) is 14.6. The van der Waals surface area contributed by atoms with Gasteiger partial charge in [-0.25, -0.2) is 4.98 Å².